The lowest BCUT2D eigenvalue weighted by molar-refractivity contribution is 0.157. The lowest BCUT2D eigenvalue weighted by atomic mass is 9.89. The fourth-order valence-corrected chi connectivity index (χ4v) is 1.52. The molecule has 0 aliphatic rings. The fraction of sp³-hybridized carbons (Fsp3) is 0.500. The fourth-order valence-electron chi connectivity index (χ4n) is 1.52. The largest absolute Gasteiger partial charge is 0.385 e. The van der Waals surface area contributed by atoms with Crippen molar-refractivity contribution >= 4 is 5.69 Å². The van der Waals surface area contributed by atoms with Crippen molar-refractivity contribution in [1.29, 1.82) is 5.26 Å². The van der Waals surface area contributed by atoms with Crippen LogP contribution >= 0.6 is 0 Å². The summed E-state index contributed by atoms with van der Waals surface area (Å²) in [5, 5.41) is 11.8. The van der Waals surface area contributed by atoms with Gasteiger partial charge in [0.05, 0.1) is 5.56 Å². The van der Waals surface area contributed by atoms with E-state index in [1.54, 1.807) is 19.2 Å². The molecule has 0 amide bonds. The van der Waals surface area contributed by atoms with E-state index in [9.17, 15) is 4.39 Å². The molecule has 0 aliphatic heterocycles. The van der Waals surface area contributed by atoms with Crippen LogP contribution in [-0.2, 0) is 4.74 Å². The Labute approximate surface area is 108 Å². The van der Waals surface area contributed by atoms with E-state index in [0.717, 1.165) is 13.0 Å². The Morgan fingerprint density at radius 3 is 2.72 bits per heavy atom. The minimum atomic E-state index is -0.489. The summed E-state index contributed by atoms with van der Waals surface area (Å²) in [7, 11) is 1.68. The molecule has 0 radical (unpaired) electrons. The van der Waals surface area contributed by atoms with E-state index in [1.165, 1.54) is 12.1 Å². The van der Waals surface area contributed by atoms with Gasteiger partial charge in [-0.2, -0.15) is 5.26 Å². The summed E-state index contributed by atoms with van der Waals surface area (Å²) >= 11 is 0. The lowest BCUT2D eigenvalue weighted by Crippen LogP contribution is -2.24. The third-order valence-electron chi connectivity index (χ3n) is 2.84. The van der Waals surface area contributed by atoms with Crippen molar-refractivity contribution in [2.45, 2.75) is 20.3 Å². The van der Waals surface area contributed by atoms with E-state index < -0.39 is 5.82 Å². The Morgan fingerprint density at radius 1 is 1.44 bits per heavy atom. The first-order valence-corrected chi connectivity index (χ1v) is 5.91. The SMILES string of the molecule is COCCC(C)(C)CNc1ccc(C#N)c(F)c1. The highest BCUT2D eigenvalue weighted by Gasteiger charge is 2.17. The Balaban J connectivity index is 2.58. The van der Waals surface area contributed by atoms with Gasteiger partial charge in [0.2, 0.25) is 0 Å². The summed E-state index contributed by atoms with van der Waals surface area (Å²) in [4.78, 5) is 0. The van der Waals surface area contributed by atoms with Crippen LogP contribution in [0.4, 0.5) is 10.1 Å². The first-order valence-electron chi connectivity index (χ1n) is 5.91. The zero-order valence-electron chi connectivity index (χ0n) is 11.1. The monoisotopic (exact) mass is 250 g/mol. The maximum atomic E-state index is 13.4. The predicted molar refractivity (Wildman–Crippen MR) is 69.9 cm³/mol. The molecular weight excluding hydrogens is 231 g/mol. The number of nitrogens with zero attached hydrogens (tertiary/aromatic N) is 1. The number of benzene rings is 1. The third-order valence-corrected chi connectivity index (χ3v) is 2.84. The number of rotatable bonds is 6. The number of methoxy groups -OCH3 is 1. The van der Waals surface area contributed by atoms with E-state index in [0.29, 0.717) is 12.3 Å². The Bertz CT molecular complexity index is 438. The summed E-state index contributed by atoms with van der Waals surface area (Å²) < 4.78 is 18.4. The maximum Gasteiger partial charge on any atom is 0.143 e. The Kier molecular flexibility index (Phi) is 5.11. The number of hydrogen-bond donors (Lipinski definition) is 1. The van der Waals surface area contributed by atoms with Gasteiger partial charge in [0, 0.05) is 25.9 Å². The highest BCUT2D eigenvalue weighted by atomic mass is 19.1. The normalized spacial score (nSPS) is 11.1. The van der Waals surface area contributed by atoms with Crippen molar-refractivity contribution < 1.29 is 9.13 Å². The molecule has 0 saturated carbocycles. The molecule has 4 heteroatoms. The molecule has 0 bridgehead atoms. The van der Waals surface area contributed by atoms with Gasteiger partial charge in [0.25, 0.3) is 0 Å². The second-order valence-corrected chi connectivity index (χ2v) is 5.07. The van der Waals surface area contributed by atoms with E-state index in [4.69, 9.17) is 10.00 Å². The second-order valence-electron chi connectivity index (χ2n) is 5.07. The van der Waals surface area contributed by atoms with Crippen LogP contribution in [0.2, 0.25) is 0 Å². The second kappa shape index (κ2) is 6.36. The number of nitrogens with one attached hydrogen (secondary N) is 1. The van der Waals surface area contributed by atoms with E-state index in [-0.39, 0.29) is 11.0 Å². The van der Waals surface area contributed by atoms with Crippen molar-refractivity contribution in [3.63, 3.8) is 0 Å². The molecule has 0 aliphatic carbocycles. The average molecular weight is 250 g/mol. The van der Waals surface area contributed by atoms with Gasteiger partial charge in [-0.1, -0.05) is 13.8 Å². The summed E-state index contributed by atoms with van der Waals surface area (Å²) in [6.45, 7) is 5.68. The molecule has 0 unspecified atom stereocenters. The maximum absolute atomic E-state index is 13.4. The molecule has 3 nitrogen and oxygen atoms in total. The number of ether oxygens (including phenoxy) is 1. The van der Waals surface area contributed by atoms with Crippen LogP contribution in [0.25, 0.3) is 0 Å². The van der Waals surface area contributed by atoms with Gasteiger partial charge < -0.3 is 10.1 Å². The number of halogens is 1. The summed E-state index contributed by atoms with van der Waals surface area (Å²) in [5.74, 6) is -0.489. The molecule has 0 atom stereocenters. The molecule has 0 heterocycles. The van der Waals surface area contributed by atoms with Gasteiger partial charge in [0.1, 0.15) is 11.9 Å². The first kappa shape index (κ1) is 14.5. The Morgan fingerprint density at radius 2 is 2.17 bits per heavy atom. The van der Waals surface area contributed by atoms with Crippen LogP contribution < -0.4 is 5.32 Å². The molecule has 1 aromatic carbocycles. The van der Waals surface area contributed by atoms with Gasteiger partial charge in [0.15, 0.2) is 0 Å². The molecular formula is C14H19FN2O. The smallest absolute Gasteiger partial charge is 0.143 e. The van der Waals surface area contributed by atoms with Gasteiger partial charge in [-0.3, -0.25) is 0 Å². The highest BCUT2D eigenvalue weighted by molar-refractivity contribution is 5.48. The van der Waals surface area contributed by atoms with Crippen LogP contribution in [0.5, 0.6) is 0 Å². The lowest BCUT2D eigenvalue weighted by Gasteiger charge is -2.25. The molecule has 1 rings (SSSR count). The molecule has 18 heavy (non-hydrogen) atoms. The van der Waals surface area contributed by atoms with Gasteiger partial charge in [-0.05, 0) is 30.0 Å². The molecule has 1 aromatic rings. The molecule has 0 aromatic heterocycles. The van der Waals surface area contributed by atoms with Gasteiger partial charge in [-0.15, -0.1) is 0 Å². The van der Waals surface area contributed by atoms with Crippen molar-refractivity contribution in [3.8, 4) is 6.07 Å². The van der Waals surface area contributed by atoms with Crippen LogP contribution in [0, 0.1) is 22.6 Å². The summed E-state index contributed by atoms with van der Waals surface area (Å²) in [5.41, 5.74) is 0.830. The molecule has 98 valence electrons. The predicted octanol–water partition coefficient (Wildman–Crippen LogP) is 3.17. The Hall–Kier alpha value is -1.60. The number of nitriles is 1. The number of anilines is 1. The zero-order chi connectivity index (χ0) is 13.6. The van der Waals surface area contributed by atoms with E-state index >= 15 is 0 Å². The van der Waals surface area contributed by atoms with Crippen LogP contribution in [0.15, 0.2) is 18.2 Å². The number of hydrogen-bond acceptors (Lipinski definition) is 3. The molecule has 1 N–H and O–H groups in total. The van der Waals surface area contributed by atoms with Crippen molar-refractivity contribution in [2.24, 2.45) is 5.41 Å². The van der Waals surface area contributed by atoms with Crippen molar-refractivity contribution in [2.75, 3.05) is 25.6 Å². The van der Waals surface area contributed by atoms with Gasteiger partial charge in [-0.25, -0.2) is 4.39 Å². The van der Waals surface area contributed by atoms with Crippen molar-refractivity contribution in [1.82, 2.24) is 0 Å². The highest BCUT2D eigenvalue weighted by Crippen LogP contribution is 2.22. The first-order chi connectivity index (χ1) is 8.48. The summed E-state index contributed by atoms with van der Waals surface area (Å²) in [6.07, 6.45) is 0.926. The van der Waals surface area contributed by atoms with E-state index in [1.807, 2.05) is 0 Å². The molecule has 0 spiro atoms. The standard InChI is InChI=1S/C14H19FN2O/c1-14(2,6-7-18-3)10-17-12-5-4-11(9-16)13(15)8-12/h4-5,8,17H,6-7,10H2,1-3H3. The van der Waals surface area contributed by atoms with E-state index in [2.05, 4.69) is 19.2 Å². The average Bonchev–Trinajstić information content (AvgIpc) is 2.34. The van der Waals surface area contributed by atoms with Crippen molar-refractivity contribution in [3.05, 3.63) is 29.6 Å². The third kappa shape index (κ3) is 4.34. The summed E-state index contributed by atoms with van der Waals surface area (Å²) in [6, 6.07) is 6.36. The topological polar surface area (TPSA) is 45.0 Å². The quantitative estimate of drug-likeness (QED) is 0.843. The minimum absolute atomic E-state index is 0.0687. The van der Waals surface area contributed by atoms with Crippen LogP contribution in [0.1, 0.15) is 25.8 Å². The van der Waals surface area contributed by atoms with Gasteiger partial charge >= 0.3 is 0 Å². The molecule has 0 saturated heterocycles. The molecule has 0 fully saturated rings. The van der Waals surface area contributed by atoms with Crippen LogP contribution in [0.3, 0.4) is 0 Å². The zero-order valence-corrected chi connectivity index (χ0v) is 11.1. The van der Waals surface area contributed by atoms with Crippen LogP contribution in [-0.4, -0.2) is 20.3 Å². The minimum Gasteiger partial charge on any atom is -0.385 e.